The van der Waals surface area contributed by atoms with Crippen molar-refractivity contribution in [1.82, 2.24) is 0 Å². The quantitative estimate of drug-likeness (QED) is 0.393. The first-order valence-electron chi connectivity index (χ1n) is 7.89. The second-order valence-electron chi connectivity index (χ2n) is 5.37. The van der Waals surface area contributed by atoms with Crippen LogP contribution < -0.4 is 14.6 Å². The number of hydrogen-bond donors (Lipinski definition) is 1. The number of nitrogens with two attached hydrogens (primary N) is 1. The molecule has 3 aromatic rings. The van der Waals surface area contributed by atoms with Crippen LogP contribution in [0.15, 0.2) is 72.8 Å². The minimum atomic E-state index is -2.36. The topological polar surface area (TPSA) is 128 Å². The number of nitro benzene ring substituents is 1. The molecule has 146 valence electrons. The summed E-state index contributed by atoms with van der Waals surface area (Å²) in [5, 5.41) is 14.7. The standard InChI is InChI=1S/C19H15NO4.H3NO2S/c1-23-17-9-5-14(6-10-17)15-3-2-4-19(13-15)24-18-11-7-16(8-12-18)20(21)22;1-4(2)3/h2-13H,1H3;1H2,(H,2,3)/p-1. The van der Waals surface area contributed by atoms with Gasteiger partial charge in [0.1, 0.15) is 17.2 Å². The van der Waals surface area contributed by atoms with Gasteiger partial charge in [0.15, 0.2) is 0 Å². The van der Waals surface area contributed by atoms with Crippen LogP contribution in [-0.2, 0) is 11.3 Å². The summed E-state index contributed by atoms with van der Waals surface area (Å²) >= 11 is -2.36. The molecular weight excluding hydrogens is 384 g/mol. The van der Waals surface area contributed by atoms with Crippen molar-refractivity contribution in [3.63, 3.8) is 0 Å². The monoisotopic (exact) mass is 401 g/mol. The predicted octanol–water partition coefficient (Wildman–Crippen LogP) is 3.80. The van der Waals surface area contributed by atoms with E-state index in [0.717, 1.165) is 16.9 Å². The molecule has 8 nitrogen and oxygen atoms in total. The molecule has 3 rings (SSSR count). The largest absolute Gasteiger partial charge is 0.760 e. The molecule has 1 atom stereocenters. The third kappa shape index (κ3) is 6.47. The van der Waals surface area contributed by atoms with Gasteiger partial charge in [-0.05, 0) is 47.5 Å². The van der Waals surface area contributed by atoms with Crippen molar-refractivity contribution >= 4 is 17.0 Å². The number of nitrogens with zero attached hydrogens (tertiary/aromatic N) is 1. The maximum Gasteiger partial charge on any atom is 0.269 e. The zero-order valence-corrected chi connectivity index (χ0v) is 15.6. The summed E-state index contributed by atoms with van der Waals surface area (Å²) in [5.74, 6) is 2.02. The lowest BCUT2D eigenvalue weighted by atomic mass is 10.1. The molecule has 0 spiro atoms. The van der Waals surface area contributed by atoms with E-state index in [2.05, 4.69) is 5.14 Å². The lowest BCUT2D eigenvalue weighted by molar-refractivity contribution is -0.384. The van der Waals surface area contributed by atoms with Gasteiger partial charge in [-0.2, -0.15) is 0 Å². The first kappa shape index (κ1) is 21.0. The zero-order chi connectivity index (χ0) is 20.5. The summed E-state index contributed by atoms with van der Waals surface area (Å²) in [7, 11) is 1.63. The van der Waals surface area contributed by atoms with E-state index in [1.165, 1.54) is 12.1 Å². The maximum absolute atomic E-state index is 10.7. The molecule has 0 aliphatic rings. The predicted molar refractivity (Wildman–Crippen MR) is 105 cm³/mol. The summed E-state index contributed by atoms with van der Waals surface area (Å²) in [6.45, 7) is 0. The van der Waals surface area contributed by atoms with Crippen LogP contribution in [0.25, 0.3) is 11.1 Å². The number of benzene rings is 3. The fourth-order valence-electron chi connectivity index (χ4n) is 2.29. The second kappa shape index (κ2) is 10.2. The number of ether oxygens (including phenoxy) is 2. The molecule has 0 aliphatic heterocycles. The highest BCUT2D eigenvalue weighted by atomic mass is 32.2. The van der Waals surface area contributed by atoms with Gasteiger partial charge in [-0.25, -0.2) is 0 Å². The third-order valence-electron chi connectivity index (χ3n) is 3.54. The van der Waals surface area contributed by atoms with E-state index in [9.17, 15) is 10.1 Å². The fraction of sp³-hybridized carbons (Fsp3) is 0.0526. The molecular formula is C19H17N2O6S-. The molecule has 0 heterocycles. The Morgan fingerprint density at radius 2 is 1.46 bits per heavy atom. The normalized spacial score (nSPS) is 11.0. The first-order valence-corrected chi connectivity index (χ1v) is 9.03. The van der Waals surface area contributed by atoms with Gasteiger partial charge < -0.3 is 14.0 Å². The molecule has 3 aromatic carbocycles. The van der Waals surface area contributed by atoms with E-state index in [4.69, 9.17) is 18.2 Å². The van der Waals surface area contributed by atoms with Crippen LogP contribution in [0, 0.1) is 10.1 Å². The molecule has 28 heavy (non-hydrogen) atoms. The SMILES string of the molecule is COc1ccc(-c2cccc(Oc3ccc([N+](=O)[O-])cc3)c2)cc1.NS(=O)[O-]. The number of non-ortho nitro benzene ring substituents is 1. The minimum absolute atomic E-state index is 0.0364. The van der Waals surface area contributed by atoms with E-state index in [-0.39, 0.29) is 5.69 Å². The Labute approximate surface area is 164 Å². The minimum Gasteiger partial charge on any atom is -0.760 e. The van der Waals surface area contributed by atoms with Crippen LogP contribution in [0.3, 0.4) is 0 Å². The van der Waals surface area contributed by atoms with Gasteiger partial charge >= 0.3 is 0 Å². The highest BCUT2D eigenvalue weighted by Gasteiger charge is 2.06. The van der Waals surface area contributed by atoms with Crippen molar-refractivity contribution < 1.29 is 23.2 Å². The smallest absolute Gasteiger partial charge is 0.269 e. The lowest BCUT2D eigenvalue weighted by Gasteiger charge is -2.08. The molecule has 0 amide bonds. The summed E-state index contributed by atoms with van der Waals surface area (Å²) in [5.41, 5.74) is 2.09. The average molecular weight is 401 g/mol. The molecule has 1 unspecified atom stereocenters. The van der Waals surface area contributed by atoms with Crippen molar-refractivity contribution in [3.8, 4) is 28.4 Å². The third-order valence-corrected chi connectivity index (χ3v) is 3.54. The molecule has 0 bridgehead atoms. The zero-order valence-electron chi connectivity index (χ0n) is 14.8. The Kier molecular flexibility index (Phi) is 7.64. The van der Waals surface area contributed by atoms with Crippen molar-refractivity contribution in [3.05, 3.63) is 82.9 Å². The van der Waals surface area contributed by atoms with E-state index in [1.807, 2.05) is 48.5 Å². The molecule has 0 radical (unpaired) electrons. The van der Waals surface area contributed by atoms with Crippen molar-refractivity contribution in [1.29, 1.82) is 0 Å². The van der Waals surface area contributed by atoms with Crippen LogP contribution in [-0.4, -0.2) is 20.8 Å². The maximum atomic E-state index is 10.7. The van der Waals surface area contributed by atoms with Crippen LogP contribution in [0.1, 0.15) is 0 Å². The van der Waals surface area contributed by atoms with Gasteiger partial charge in [0.2, 0.25) is 0 Å². The number of nitro groups is 1. The number of rotatable bonds is 5. The van der Waals surface area contributed by atoms with Crippen molar-refractivity contribution in [2.75, 3.05) is 7.11 Å². The molecule has 0 aromatic heterocycles. The Morgan fingerprint density at radius 1 is 0.893 bits per heavy atom. The Bertz CT molecular complexity index is 941. The second-order valence-corrected chi connectivity index (χ2v) is 5.89. The Balaban J connectivity index is 0.000000640. The van der Waals surface area contributed by atoms with E-state index >= 15 is 0 Å². The summed E-state index contributed by atoms with van der Waals surface area (Å²) in [6, 6.07) is 21.4. The van der Waals surface area contributed by atoms with Gasteiger partial charge in [-0.3, -0.25) is 19.5 Å². The lowest BCUT2D eigenvalue weighted by Crippen LogP contribution is -1.97. The van der Waals surface area contributed by atoms with Crippen LogP contribution in [0.4, 0.5) is 5.69 Å². The summed E-state index contributed by atoms with van der Waals surface area (Å²) in [6.07, 6.45) is 0. The number of hydrogen-bond acceptors (Lipinski definition) is 6. The van der Waals surface area contributed by atoms with Gasteiger partial charge in [0, 0.05) is 23.4 Å². The van der Waals surface area contributed by atoms with E-state index in [1.54, 1.807) is 19.2 Å². The number of methoxy groups -OCH3 is 1. The Hall–Kier alpha value is -3.27. The first-order chi connectivity index (χ1) is 13.4. The van der Waals surface area contributed by atoms with Gasteiger partial charge in [0.25, 0.3) is 5.69 Å². The van der Waals surface area contributed by atoms with Gasteiger partial charge in [0.05, 0.1) is 12.0 Å². The van der Waals surface area contributed by atoms with Gasteiger partial charge in [-0.1, -0.05) is 24.3 Å². The molecule has 0 aliphatic carbocycles. The molecule has 9 heteroatoms. The molecule has 0 saturated heterocycles. The van der Waals surface area contributed by atoms with Crippen LogP contribution in [0.5, 0.6) is 17.2 Å². The van der Waals surface area contributed by atoms with Crippen LogP contribution in [0.2, 0.25) is 0 Å². The average Bonchev–Trinajstić information content (AvgIpc) is 2.68. The molecule has 0 fully saturated rings. The summed E-state index contributed by atoms with van der Waals surface area (Å²) < 4.78 is 28.5. The highest BCUT2D eigenvalue weighted by Crippen LogP contribution is 2.29. The van der Waals surface area contributed by atoms with E-state index < -0.39 is 16.2 Å². The van der Waals surface area contributed by atoms with Crippen molar-refractivity contribution in [2.24, 2.45) is 5.14 Å². The fourth-order valence-corrected chi connectivity index (χ4v) is 2.29. The van der Waals surface area contributed by atoms with Gasteiger partial charge in [-0.15, -0.1) is 0 Å². The highest BCUT2D eigenvalue weighted by molar-refractivity contribution is 7.76. The van der Waals surface area contributed by atoms with E-state index in [0.29, 0.717) is 11.5 Å². The van der Waals surface area contributed by atoms with Crippen LogP contribution >= 0.6 is 0 Å². The molecule has 0 saturated carbocycles. The Morgan fingerprint density at radius 3 is 2.00 bits per heavy atom. The molecule has 2 N–H and O–H groups in total. The van der Waals surface area contributed by atoms with Crippen molar-refractivity contribution in [2.45, 2.75) is 0 Å². The summed E-state index contributed by atoms with van der Waals surface area (Å²) in [4.78, 5) is 10.2.